The highest BCUT2D eigenvalue weighted by Gasteiger charge is 2.48. The molecule has 4 heteroatoms. The Bertz CT molecular complexity index is 484. The predicted octanol–water partition coefficient (Wildman–Crippen LogP) is 3.69. The number of halogens is 2. The first-order valence-corrected chi connectivity index (χ1v) is 6.33. The van der Waals surface area contributed by atoms with Gasteiger partial charge in [0.05, 0.1) is 11.6 Å². The number of alkyl halides is 1. The average molecular weight is 313 g/mol. The van der Waals surface area contributed by atoms with E-state index in [4.69, 9.17) is 9.47 Å². The summed E-state index contributed by atoms with van der Waals surface area (Å²) in [5.74, 6) is 0.225. The summed E-state index contributed by atoms with van der Waals surface area (Å²) in [6.45, 7) is 0. The van der Waals surface area contributed by atoms with Crippen LogP contribution in [-0.2, 0) is 15.1 Å². The van der Waals surface area contributed by atoms with E-state index in [1.54, 1.807) is 36.4 Å². The second-order valence-electron chi connectivity index (χ2n) is 3.97. The Kier molecular flexibility index (Phi) is 3.88. The molecule has 0 fully saturated rings. The summed E-state index contributed by atoms with van der Waals surface area (Å²) in [6.07, 6.45) is 2.71. The molecule has 1 aromatic rings. The van der Waals surface area contributed by atoms with Crippen molar-refractivity contribution in [1.29, 1.82) is 0 Å². The van der Waals surface area contributed by atoms with Crippen LogP contribution in [0.2, 0.25) is 0 Å². The van der Waals surface area contributed by atoms with Crippen molar-refractivity contribution in [1.82, 2.24) is 0 Å². The van der Waals surface area contributed by atoms with Gasteiger partial charge in [-0.05, 0) is 27.6 Å². The zero-order chi connectivity index (χ0) is 13.2. The third-order valence-corrected chi connectivity index (χ3v) is 3.63. The van der Waals surface area contributed by atoms with E-state index < -0.39 is 11.8 Å². The standard InChI is InChI=1S/C14H14BrFO2/c1-17-12-9-8-11(15)13(18-2)14(12,16)10-6-4-3-5-7-10/h3-9,12H,1-2H3. The van der Waals surface area contributed by atoms with Crippen LogP contribution in [0, 0.1) is 0 Å². The van der Waals surface area contributed by atoms with Crippen LogP contribution in [0.5, 0.6) is 0 Å². The van der Waals surface area contributed by atoms with E-state index in [-0.39, 0.29) is 5.76 Å². The number of allylic oxidation sites excluding steroid dienone is 2. The van der Waals surface area contributed by atoms with Gasteiger partial charge in [-0.1, -0.05) is 36.4 Å². The van der Waals surface area contributed by atoms with Crippen LogP contribution in [0.3, 0.4) is 0 Å². The van der Waals surface area contributed by atoms with Gasteiger partial charge in [-0.15, -0.1) is 0 Å². The van der Waals surface area contributed by atoms with E-state index in [9.17, 15) is 0 Å². The molecule has 0 radical (unpaired) electrons. The normalized spacial score (nSPS) is 27.4. The molecule has 0 spiro atoms. The minimum atomic E-state index is -1.82. The lowest BCUT2D eigenvalue weighted by atomic mass is 9.85. The Labute approximate surface area is 114 Å². The van der Waals surface area contributed by atoms with E-state index >= 15 is 4.39 Å². The first kappa shape index (κ1) is 13.3. The minimum absolute atomic E-state index is 0.225. The van der Waals surface area contributed by atoms with Gasteiger partial charge in [-0.25, -0.2) is 4.39 Å². The molecule has 2 atom stereocenters. The SMILES string of the molecule is COC1=C(Br)C=CC(OC)C1(F)c1ccccc1. The maximum atomic E-state index is 15.5. The van der Waals surface area contributed by atoms with Crippen molar-refractivity contribution in [2.45, 2.75) is 11.8 Å². The Hall–Kier alpha value is -1.13. The molecular formula is C14H14BrFO2. The minimum Gasteiger partial charge on any atom is -0.496 e. The zero-order valence-electron chi connectivity index (χ0n) is 10.2. The number of benzene rings is 1. The van der Waals surface area contributed by atoms with Crippen LogP contribution in [0.15, 0.2) is 52.7 Å². The van der Waals surface area contributed by atoms with Crippen molar-refractivity contribution >= 4 is 15.9 Å². The third-order valence-electron chi connectivity index (χ3n) is 3.01. The smallest absolute Gasteiger partial charge is 0.222 e. The van der Waals surface area contributed by atoms with Crippen LogP contribution < -0.4 is 0 Å². The van der Waals surface area contributed by atoms with Gasteiger partial charge >= 0.3 is 0 Å². The van der Waals surface area contributed by atoms with Crippen LogP contribution in [0.1, 0.15) is 5.56 Å². The van der Waals surface area contributed by atoms with Gasteiger partial charge in [0.2, 0.25) is 5.67 Å². The molecule has 96 valence electrons. The van der Waals surface area contributed by atoms with Gasteiger partial charge in [0, 0.05) is 7.11 Å². The van der Waals surface area contributed by atoms with E-state index in [1.165, 1.54) is 14.2 Å². The summed E-state index contributed by atoms with van der Waals surface area (Å²) in [5.41, 5.74) is -1.31. The highest BCUT2D eigenvalue weighted by molar-refractivity contribution is 9.11. The van der Waals surface area contributed by atoms with Gasteiger partial charge in [0.15, 0.2) is 5.76 Å². The molecule has 0 bridgehead atoms. The maximum absolute atomic E-state index is 15.5. The van der Waals surface area contributed by atoms with Crippen molar-refractivity contribution < 1.29 is 13.9 Å². The van der Waals surface area contributed by atoms with E-state index in [1.807, 2.05) is 6.07 Å². The van der Waals surface area contributed by atoms with Gasteiger partial charge in [0.25, 0.3) is 0 Å². The van der Waals surface area contributed by atoms with Crippen molar-refractivity contribution in [2.24, 2.45) is 0 Å². The Balaban J connectivity index is 2.59. The van der Waals surface area contributed by atoms with Crippen molar-refractivity contribution in [3.63, 3.8) is 0 Å². The second kappa shape index (κ2) is 5.24. The maximum Gasteiger partial charge on any atom is 0.222 e. The Morgan fingerprint density at radius 1 is 1.22 bits per heavy atom. The average Bonchev–Trinajstić information content (AvgIpc) is 2.40. The summed E-state index contributed by atoms with van der Waals surface area (Å²) in [4.78, 5) is 0. The molecule has 1 aliphatic rings. The van der Waals surface area contributed by atoms with Gasteiger partial charge < -0.3 is 9.47 Å². The molecule has 0 aromatic heterocycles. The molecule has 0 N–H and O–H groups in total. The van der Waals surface area contributed by atoms with Crippen molar-refractivity contribution in [2.75, 3.05) is 14.2 Å². The van der Waals surface area contributed by atoms with Crippen LogP contribution in [0.4, 0.5) is 4.39 Å². The largest absolute Gasteiger partial charge is 0.496 e. The summed E-state index contributed by atoms with van der Waals surface area (Å²) >= 11 is 3.32. The molecule has 1 aromatic carbocycles. The molecule has 0 heterocycles. The lowest BCUT2D eigenvalue weighted by Crippen LogP contribution is -2.40. The number of methoxy groups -OCH3 is 2. The van der Waals surface area contributed by atoms with E-state index in [0.717, 1.165) is 0 Å². The molecule has 0 saturated carbocycles. The second-order valence-corrected chi connectivity index (χ2v) is 4.83. The molecule has 18 heavy (non-hydrogen) atoms. The Morgan fingerprint density at radius 3 is 2.44 bits per heavy atom. The number of hydrogen-bond acceptors (Lipinski definition) is 2. The van der Waals surface area contributed by atoms with Gasteiger partial charge in [-0.2, -0.15) is 0 Å². The van der Waals surface area contributed by atoms with Crippen LogP contribution >= 0.6 is 15.9 Å². The quantitative estimate of drug-likeness (QED) is 0.847. The lowest BCUT2D eigenvalue weighted by molar-refractivity contribution is -0.0223. The molecule has 2 unspecified atom stereocenters. The molecule has 0 aliphatic heterocycles. The fourth-order valence-electron chi connectivity index (χ4n) is 2.15. The van der Waals surface area contributed by atoms with Gasteiger partial charge in [0.1, 0.15) is 6.10 Å². The van der Waals surface area contributed by atoms with E-state index in [0.29, 0.717) is 10.0 Å². The highest BCUT2D eigenvalue weighted by atomic mass is 79.9. The topological polar surface area (TPSA) is 18.5 Å². The number of ether oxygens (including phenoxy) is 2. The predicted molar refractivity (Wildman–Crippen MR) is 72.1 cm³/mol. The summed E-state index contributed by atoms with van der Waals surface area (Å²) in [7, 11) is 2.94. The number of rotatable bonds is 3. The van der Waals surface area contributed by atoms with E-state index in [2.05, 4.69) is 15.9 Å². The molecule has 2 rings (SSSR count). The third kappa shape index (κ3) is 1.99. The van der Waals surface area contributed by atoms with Crippen LogP contribution in [-0.4, -0.2) is 20.3 Å². The summed E-state index contributed by atoms with van der Waals surface area (Å²) < 4.78 is 26.6. The summed E-state index contributed by atoms with van der Waals surface area (Å²) in [6, 6.07) is 8.89. The first-order chi connectivity index (χ1) is 8.64. The first-order valence-electron chi connectivity index (χ1n) is 5.54. The Morgan fingerprint density at radius 2 is 1.89 bits per heavy atom. The number of hydrogen-bond donors (Lipinski definition) is 0. The summed E-state index contributed by atoms with van der Waals surface area (Å²) in [5, 5.41) is 0. The van der Waals surface area contributed by atoms with Crippen molar-refractivity contribution in [3.05, 3.63) is 58.3 Å². The van der Waals surface area contributed by atoms with Crippen LogP contribution in [0.25, 0.3) is 0 Å². The zero-order valence-corrected chi connectivity index (χ0v) is 11.8. The van der Waals surface area contributed by atoms with Gasteiger partial charge in [-0.3, -0.25) is 0 Å². The molecular weight excluding hydrogens is 299 g/mol. The molecule has 2 nitrogen and oxygen atoms in total. The molecule has 0 saturated heterocycles. The van der Waals surface area contributed by atoms with Crippen molar-refractivity contribution in [3.8, 4) is 0 Å². The molecule has 0 amide bonds. The fraction of sp³-hybridized carbons (Fsp3) is 0.286. The lowest BCUT2D eigenvalue weighted by Gasteiger charge is -2.35. The molecule has 1 aliphatic carbocycles. The fourth-order valence-corrected chi connectivity index (χ4v) is 2.75. The monoisotopic (exact) mass is 312 g/mol. The highest BCUT2D eigenvalue weighted by Crippen LogP contribution is 2.45.